The predicted octanol–water partition coefficient (Wildman–Crippen LogP) is 11.9. The van der Waals surface area contributed by atoms with Gasteiger partial charge in [-0.25, -0.2) is 9.97 Å². The molecule has 0 radical (unpaired) electrons. The molecule has 4 nitrogen and oxygen atoms in total. The summed E-state index contributed by atoms with van der Waals surface area (Å²) in [6, 6.07) is 31.9. The molecular formula is C36H18Cl4N4. The molecule has 3 aromatic heterocycles. The van der Waals surface area contributed by atoms with Crippen molar-refractivity contribution in [3.63, 3.8) is 0 Å². The van der Waals surface area contributed by atoms with Crippen LogP contribution in [0.1, 0.15) is 0 Å². The highest BCUT2D eigenvalue weighted by molar-refractivity contribution is 6.43. The fraction of sp³-hybridized carbons (Fsp3) is 0. The van der Waals surface area contributed by atoms with Gasteiger partial charge < -0.3 is 9.97 Å². The Hall–Kier alpha value is -4.32. The molecule has 0 unspecified atom stereocenters. The van der Waals surface area contributed by atoms with Gasteiger partial charge in [0.25, 0.3) is 0 Å². The van der Waals surface area contributed by atoms with E-state index in [4.69, 9.17) is 56.4 Å². The van der Waals surface area contributed by atoms with Gasteiger partial charge in [0, 0.05) is 43.8 Å². The van der Waals surface area contributed by atoms with Crippen LogP contribution in [0.4, 0.5) is 0 Å². The normalized spacial score (nSPS) is 12.1. The van der Waals surface area contributed by atoms with Crippen LogP contribution in [-0.4, -0.2) is 19.9 Å². The van der Waals surface area contributed by atoms with Crippen LogP contribution >= 0.6 is 46.4 Å². The first-order valence-electron chi connectivity index (χ1n) is 14.0. The molecule has 8 heteroatoms. The number of aromatic nitrogens is 4. The van der Waals surface area contributed by atoms with Gasteiger partial charge in [-0.1, -0.05) is 143 Å². The van der Waals surface area contributed by atoms with E-state index in [0.29, 0.717) is 64.9 Å². The molecule has 0 saturated carbocycles. The average molecular weight is 648 g/mol. The first-order chi connectivity index (χ1) is 21.5. The molecule has 4 aromatic carbocycles. The molecule has 210 valence electrons. The van der Waals surface area contributed by atoms with E-state index in [1.54, 1.807) is 0 Å². The van der Waals surface area contributed by atoms with Crippen LogP contribution in [0.15, 0.2) is 97.1 Å². The topological polar surface area (TPSA) is 57.4 Å². The molecule has 0 aliphatic carbocycles. The van der Waals surface area contributed by atoms with Gasteiger partial charge in [0.2, 0.25) is 0 Å². The summed E-state index contributed by atoms with van der Waals surface area (Å²) in [4.78, 5) is 17.3. The number of benzene rings is 4. The molecule has 0 saturated heterocycles. The maximum atomic E-state index is 7.29. The van der Waals surface area contributed by atoms with Gasteiger partial charge in [0.05, 0.1) is 64.9 Å². The molecule has 0 amide bonds. The Kier molecular flexibility index (Phi) is 5.69. The third-order valence-corrected chi connectivity index (χ3v) is 9.93. The second-order valence-corrected chi connectivity index (χ2v) is 12.3. The molecular weight excluding hydrogens is 630 g/mol. The summed E-state index contributed by atoms with van der Waals surface area (Å²) in [5.41, 5.74) is 8.88. The number of H-pyrrole nitrogens is 2. The second kappa shape index (κ2) is 9.59. The van der Waals surface area contributed by atoms with Gasteiger partial charge in [-0.05, 0) is 0 Å². The Labute approximate surface area is 270 Å². The van der Waals surface area contributed by atoms with Gasteiger partial charge in [-0.3, -0.25) is 0 Å². The van der Waals surface area contributed by atoms with Gasteiger partial charge in [0.15, 0.2) is 0 Å². The van der Waals surface area contributed by atoms with E-state index >= 15 is 0 Å². The summed E-state index contributed by atoms with van der Waals surface area (Å²) in [5, 5.41) is 5.52. The van der Waals surface area contributed by atoms with Crippen LogP contribution in [0.5, 0.6) is 0 Å². The standard InChI is InChI=1S/C36H18Cl4N4/c37-25-29-17-9-1-2-10-18(17)30(41-29)26(38)32-21-13-5-6-14-22(21)34(43-32)28(40)36-24-16-8-7-15-23(24)35(44-36)27(39)33-20-12-4-3-11-19(20)31(25)42-33/h1-16,41,44H. The van der Waals surface area contributed by atoms with E-state index in [1.165, 1.54) is 0 Å². The van der Waals surface area contributed by atoms with Crippen LogP contribution in [-0.2, 0) is 0 Å². The third-order valence-electron chi connectivity index (χ3n) is 8.46. The van der Waals surface area contributed by atoms with Crippen molar-refractivity contribution in [2.75, 3.05) is 0 Å². The van der Waals surface area contributed by atoms with E-state index < -0.39 is 0 Å². The van der Waals surface area contributed by atoms with Crippen molar-refractivity contribution in [3.8, 4) is 45.0 Å². The van der Waals surface area contributed by atoms with E-state index in [2.05, 4.69) is 9.97 Å². The van der Waals surface area contributed by atoms with Crippen molar-refractivity contribution in [2.24, 2.45) is 0 Å². The Morgan fingerprint density at radius 3 is 0.818 bits per heavy atom. The Bertz CT molecular complexity index is 2220. The number of halogens is 4. The van der Waals surface area contributed by atoms with Gasteiger partial charge >= 0.3 is 0 Å². The SMILES string of the molecule is Clc1c2nc(c(Cl)c3[nH]c(c(Cl)c4nc(c(Cl)c5[nH]c1c1ccccc51)-c1ccccc1-4)c1ccccc31)-c1ccccc1-2. The Morgan fingerprint density at radius 1 is 0.341 bits per heavy atom. The molecule has 2 N–H and O–H groups in total. The molecule has 0 fully saturated rings. The minimum absolute atomic E-state index is 0.463. The summed E-state index contributed by atoms with van der Waals surface area (Å²) in [7, 11) is 0. The highest BCUT2D eigenvalue weighted by Crippen LogP contribution is 2.48. The van der Waals surface area contributed by atoms with E-state index in [-0.39, 0.29) is 0 Å². The number of fused-ring (bicyclic) bond motifs is 20. The highest BCUT2D eigenvalue weighted by Gasteiger charge is 2.26. The average Bonchev–Trinajstić information content (AvgIpc) is 3.84. The minimum Gasteiger partial charge on any atom is -0.352 e. The quantitative estimate of drug-likeness (QED) is 0.172. The molecule has 9 rings (SSSR count). The summed E-state index contributed by atoms with van der Waals surface area (Å²) in [5.74, 6) is 0. The molecule has 5 heterocycles. The van der Waals surface area contributed by atoms with Crippen molar-refractivity contribution < 1.29 is 0 Å². The smallest absolute Gasteiger partial charge is 0.0924 e. The molecule has 7 aromatic rings. The van der Waals surface area contributed by atoms with Crippen LogP contribution in [0.25, 0.3) is 88.6 Å². The first-order valence-corrected chi connectivity index (χ1v) is 15.5. The molecule has 2 aliphatic heterocycles. The molecule has 0 spiro atoms. The summed E-state index contributed by atoms with van der Waals surface area (Å²) in [6.45, 7) is 0. The van der Waals surface area contributed by atoms with Gasteiger partial charge in [-0.15, -0.1) is 0 Å². The summed E-state index contributed by atoms with van der Waals surface area (Å²) < 4.78 is 0. The number of rotatable bonds is 0. The van der Waals surface area contributed by atoms with E-state index in [1.807, 2.05) is 97.1 Å². The largest absolute Gasteiger partial charge is 0.352 e. The van der Waals surface area contributed by atoms with Crippen LogP contribution in [0.2, 0.25) is 20.1 Å². The van der Waals surface area contributed by atoms with Gasteiger partial charge in [-0.2, -0.15) is 0 Å². The molecule has 44 heavy (non-hydrogen) atoms. The molecule has 2 aliphatic rings. The summed E-state index contributed by atoms with van der Waals surface area (Å²) in [6.07, 6.45) is 0. The predicted molar refractivity (Wildman–Crippen MR) is 185 cm³/mol. The van der Waals surface area contributed by atoms with Crippen molar-refractivity contribution in [2.45, 2.75) is 0 Å². The lowest BCUT2D eigenvalue weighted by molar-refractivity contribution is 1.40. The van der Waals surface area contributed by atoms with E-state index in [0.717, 1.165) is 43.8 Å². The zero-order valence-electron chi connectivity index (χ0n) is 22.6. The molecule has 8 bridgehead atoms. The van der Waals surface area contributed by atoms with Crippen molar-refractivity contribution >= 4 is 90.0 Å². The minimum atomic E-state index is 0.463. The lowest BCUT2D eigenvalue weighted by atomic mass is 10.0. The Morgan fingerprint density at radius 2 is 0.568 bits per heavy atom. The molecule has 0 atom stereocenters. The fourth-order valence-electron chi connectivity index (χ4n) is 6.45. The number of hydrogen-bond acceptors (Lipinski definition) is 2. The van der Waals surface area contributed by atoms with Gasteiger partial charge in [0.1, 0.15) is 0 Å². The fourth-order valence-corrected chi connectivity index (χ4v) is 7.62. The first kappa shape index (κ1) is 26.1. The lowest BCUT2D eigenvalue weighted by Gasteiger charge is -2.01. The van der Waals surface area contributed by atoms with Crippen LogP contribution in [0.3, 0.4) is 0 Å². The van der Waals surface area contributed by atoms with Crippen LogP contribution < -0.4 is 0 Å². The van der Waals surface area contributed by atoms with Crippen molar-refractivity contribution in [1.82, 2.24) is 19.9 Å². The van der Waals surface area contributed by atoms with Crippen molar-refractivity contribution in [3.05, 3.63) is 117 Å². The number of hydrogen-bond donors (Lipinski definition) is 2. The van der Waals surface area contributed by atoms with Crippen LogP contribution in [0, 0.1) is 0 Å². The zero-order chi connectivity index (χ0) is 29.7. The number of nitrogens with one attached hydrogen (secondary N) is 2. The van der Waals surface area contributed by atoms with E-state index in [9.17, 15) is 0 Å². The monoisotopic (exact) mass is 646 g/mol. The zero-order valence-corrected chi connectivity index (χ0v) is 25.7. The maximum Gasteiger partial charge on any atom is 0.0924 e. The number of aromatic amines is 2. The lowest BCUT2D eigenvalue weighted by Crippen LogP contribution is -1.79. The third kappa shape index (κ3) is 3.54. The second-order valence-electron chi connectivity index (χ2n) is 10.8. The van der Waals surface area contributed by atoms with Crippen molar-refractivity contribution in [1.29, 1.82) is 0 Å². The Balaban J connectivity index is 1.60. The number of nitrogens with zero attached hydrogens (tertiary/aromatic N) is 2. The maximum absolute atomic E-state index is 7.29. The summed E-state index contributed by atoms with van der Waals surface area (Å²) >= 11 is 29.2. The highest BCUT2D eigenvalue weighted by atomic mass is 35.5.